The molecule has 0 unspecified atom stereocenters. The molecule has 0 saturated heterocycles. The molecule has 3 aromatic rings. The number of carbonyl (C=O) groups is 1. The van der Waals surface area contributed by atoms with Gasteiger partial charge in [0.25, 0.3) is 5.91 Å². The predicted molar refractivity (Wildman–Crippen MR) is 90.4 cm³/mol. The minimum atomic E-state index is -0.339. The smallest absolute Gasteiger partial charge is 0.292 e. The van der Waals surface area contributed by atoms with Gasteiger partial charge in [0.15, 0.2) is 5.76 Å². The second-order valence-electron chi connectivity index (χ2n) is 4.95. The van der Waals surface area contributed by atoms with E-state index in [2.05, 4.69) is 15.6 Å². The molecule has 5 nitrogen and oxygen atoms in total. The van der Waals surface area contributed by atoms with Gasteiger partial charge in [0.2, 0.25) is 0 Å². The molecule has 2 N–H and O–H groups in total. The summed E-state index contributed by atoms with van der Waals surface area (Å²) in [5, 5.41) is 6.56. The second-order valence-corrected chi connectivity index (χ2v) is 5.36. The van der Waals surface area contributed by atoms with Crippen LogP contribution in [0.25, 0.3) is 0 Å². The Morgan fingerprint density at radius 1 is 1.17 bits per heavy atom. The average molecular weight is 328 g/mol. The van der Waals surface area contributed by atoms with Crippen molar-refractivity contribution in [2.75, 3.05) is 10.6 Å². The van der Waals surface area contributed by atoms with Gasteiger partial charge in [-0.1, -0.05) is 17.7 Å². The summed E-state index contributed by atoms with van der Waals surface area (Å²) in [6, 6.07) is 12.5. The molecule has 0 saturated carbocycles. The number of amides is 1. The number of aryl methyl sites for hydroxylation is 1. The SMILES string of the molecule is Cc1ccc(Nc2ccc(NC(=O)c3ccco3)nc2)cc1Cl. The van der Waals surface area contributed by atoms with E-state index in [-0.39, 0.29) is 11.7 Å². The molecule has 0 bridgehead atoms. The van der Waals surface area contributed by atoms with Crippen LogP contribution in [0.4, 0.5) is 17.2 Å². The van der Waals surface area contributed by atoms with Gasteiger partial charge in [-0.3, -0.25) is 4.79 Å². The Labute approximate surface area is 138 Å². The van der Waals surface area contributed by atoms with Crippen LogP contribution in [0.15, 0.2) is 59.3 Å². The van der Waals surface area contributed by atoms with E-state index in [1.165, 1.54) is 6.26 Å². The number of furan rings is 1. The molecular formula is C17H14ClN3O2. The number of pyridine rings is 1. The Morgan fingerprint density at radius 3 is 2.65 bits per heavy atom. The number of nitrogens with zero attached hydrogens (tertiary/aromatic N) is 1. The zero-order chi connectivity index (χ0) is 16.2. The lowest BCUT2D eigenvalue weighted by atomic mass is 10.2. The fourth-order valence-corrected chi connectivity index (χ4v) is 2.15. The summed E-state index contributed by atoms with van der Waals surface area (Å²) in [7, 11) is 0. The van der Waals surface area contributed by atoms with E-state index in [9.17, 15) is 4.79 Å². The van der Waals surface area contributed by atoms with E-state index in [0.717, 1.165) is 16.9 Å². The number of rotatable bonds is 4. The van der Waals surface area contributed by atoms with Crippen molar-refractivity contribution in [1.82, 2.24) is 4.98 Å². The van der Waals surface area contributed by atoms with Crippen molar-refractivity contribution < 1.29 is 9.21 Å². The molecule has 0 fully saturated rings. The predicted octanol–water partition coefficient (Wildman–Crippen LogP) is 4.63. The van der Waals surface area contributed by atoms with Crippen LogP contribution < -0.4 is 10.6 Å². The zero-order valence-corrected chi connectivity index (χ0v) is 13.1. The average Bonchev–Trinajstić information content (AvgIpc) is 3.07. The maximum Gasteiger partial charge on any atom is 0.292 e. The molecule has 0 atom stereocenters. The Hall–Kier alpha value is -2.79. The van der Waals surface area contributed by atoms with E-state index < -0.39 is 0 Å². The zero-order valence-electron chi connectivity index (χ0n) is 12.3. The largest absolute Gasteiger partial charge is 0.459 e. The van der Waals surface area contributed by atoms with E-state index >= 15 is 0 Å². The van der Waals surface area contributed by atoms with E-state index in [4.69, 9.17) is 16.0 Å². The molecule has 0 aliphatic rings. The molecule has 1 aromatic carbocycles. The molecule has 3 rings (SSSR count). The number of hydrogen-bond acceptors (Lipinski definition) is 4. The van der Waals surface area contributed by atoms with Crippen molar-refractivity contribution in [3.8, 4) is 0 Å². The molecule has 116 valence electrons. The maximum atomic E-state index is 11.8. The van der Waals surface area contributed by atoms with Gasteiger partial charge < -0.3 is 15.1 Å². The maximum absolute atomic E-state index is 11.8. The van der Waals surface area contributed by atoms with Crippen LogP contribution in [0, 0.1) is 6.92 Å². The highest BCUT2D eigenvalue weighted by Crippen LogP contribution is 2.23. The molecule has 2 heterocycles. The standard InChI is InChI=1S/C17H14ClN3O2/c1-11-4-5-12(9-14(11)18)20-13-6-7-16(19-10-13)21-17(22)15-3-2-8-23-15/h2-10,20H,1H3,(H,19,21,22). The number of anilines is 3. The lowest BCUT2D eigenvalue weighted by molar-refractivity contribution is 0.0996. The minimum Gasteiger partial charge on any atom is -0.459 e. The summed E-state index contributed by atoms with van der Waals surface area (Å²) in [6.07, 6.45) is 3.08. The van der Waals surface area contributed by atoms with Crippen LogP contribution in [-0.2, 0) is 0 Å². The third-order valence-electron chi connectivity index (χ3n) is 3.21. The van der Waals surface area contributed by atoms with Gasteiger partial charge in [-0.15, -0.1) is 0 Å². The van der Waals surface area contributed by atoms with E-state index in [1.807, 2.05) is 31.2 Å². The normalized spacial score (nSPS) is 10.3. The summed E-state index contributed by atoms with van der Waals surface area (Å²) in [5.41, 5.74) is 2.68. The molecule has 1 amide bonds. The third-order valence-corrected chi connectivity index (χ3v) is 3.62. The number of nitrogens with one attached hydrogen (secondary N) is 2. The van der Waals surface area contributed by atoms with Crippen molar-refractivity contribution >= 4 is 34.7 Å². The lowest BCUT2D eigenvalue weighted by Gasteiger charge is -2.08. The van der Waals surface area contributed by atoms with Crippen LogP contribution in [0.1, 0.15) is 16.1 Å². The van der Waals surface area contributed by atoms with Crippen molar-refractivity contribution in [2.24, 2.45) is 0 Å². The second kappa shape index (κ2) is 6.54. The Bertz CT molecular complexity index is 814. The minimum absolute atomic E-state index is 0.239. The van der Waals surface area contributed by atoms with Crippen LogP contribution in [-0.4, -0.2) is 10.9 Å². The highest BCUT2D eigenvalue weighted by atomic mass is 35.5. The molecular weight excluding hydrogens is 314 g/mol. The van der Waals surface area contributed by atoms with E-state index in [0.29, 0.717) is 10.8 Å². The van der Waals surface area contributed by atoms with Gasteiger partial charge in [0.1, 0.15) is 5.82 Å². The molecule has 6 heteroatoms. The van der Waals surface area contributed by atoms with Gasteiger partial charge in [0, 0.05) is 10.7 Å². The van der Waals surface area contributed by atoms with Gasteiger partial charge >= 0.3 is 0 Å². The molecule has 0 aliphatic carbocycles. The fraction of sp³-hybridized carbons (Fsp3) is 0.0588. The molecule has 0 radical (unpaired) electrons. The first kappa shape index (κ1) is 15.1. The van der Waals surface area contributed by atoms with Crippen LogP contribution in [0.5, 0.6) is 0 Å². The quantitative estimate of drug-likeness (QED) is 0.733. The number of benzene rings is 1. The van der Waals surface area contributed by atoms with Crippen molar-refractivity contribution in [2.45, 2.75) is 6.92 Å². The molecule has 2 aromatic heterocycles. The Balaban J connectivity index is 1.67. The molecule has 0 aliphatic heterocycles. The van der Waals surface area contributed by atoms with Crippen molar-refractivity contribution in [3.63, 3.8) is 0 Å². The van der Waals surface area contributed by atoms with Crippen molar-refractivity contribution in [3.05, 3.63) is 71.3 Å². The number of halogens is 1. The first-order valence-corrected chi connectivity index (χ1v) is 7.34. The monoisotopic (exact) mass is 327 g/mol. The van der Waals surface area contributed by atoms with Crippen LogP contribution >= 0.6 is 11.6 Å². The van der Waals surface area contributed by atoms with Gasteiger partial charge in [-0.2, -0.15) is 0 Å². The summed E-state index contributed by atoms with van der Waals surface area (Å²) < 4.78 is 5.03. The number of carbonyl (C=O) groups excluding carboxylic acids is 1. The van der Waals surface area contributed by atoms with E-state index in [1.54, 1.807) is 24.4 Å². The summed E-state index contributed by atoms with van der Waals surface area (Å²) in [5.74, 6) is 0.343. The summed E-state index contributed by atoms with van der Waals surface area (Å²) in [6.45, 7) is 1.95. The topological polar surface area (TPSA) is 67.2 Å². The molecule has 0 spiro atoms. The van der Waals surface area contributed by atoms with Gasteiger partial charge in [-0.05, 0) is 48.9 Å². The van der Waals surface area contributed by atoms with Crippen molar-refractivity contribution in [1.29, 1.82) is 0 Å². The third kappa shape index (κ3) is 3.70. The fourth-order valence-electron chi connectivity index (χ4n) is 1.96. The van der Waals surface area contributed by atoms with Gasteiger partial charge in [-0.25, -0.2) is 4.98 Å². The first-order valence-electron chi connectivity index (χ1n) is 6.96. The summed E-state index contributed by atoms with van der Waals surface area (Å²) in [4.78, 5) is 16.0. The van der Waals surface area contributed by atoms with Gasteiger partial charge in [0.05, 0.1) is 18.1 Å². The Morgan fingerprint density at radius 2 is 2.00 bits per heavy atom. The Kier molecular flexibility index (Phi) is 4.30. The highest BCUT2D eigenvalue weighted by molar-refractivity contribution is 6.31. The highest BCUT2D eigenvalue weighted by Gasteiger charge is 2.09. The first-order chi connectivity index (χ1) is 11.1. The molecule has 23 heavy (non-hydrogen) atoms. The summed E-state index contributed by atoms with van der Waals surface area (Å²) >= 11 is 6.10. The number of hydrogen-bond donors (Lipinski definition) is 2. The van der Waals surface area contributed by atoms with Crippen LogP contribution in [0.2, 0.25) is 5.02 Å². The van der Waals surface area contributed by atoms with Crippen LogP contribution in [0.3, 0.4) is 0 Å². The lowest BCUT2D eigenvalue weighted by Crippen LogP contribution is -2.11. The number of aromatic nitrogens is 1.